The van der Waals surface area contributed by atoms with Gasteiger partial charge in [-0.2, -0.15) is 0 Å². The molecule has 1 nitrogen and oxygen atoms in total. The highest BCUT2D eigenvalue weighted by molar-refractivity contribution is 5.26. The molecule has 0 aliphatic heterocycles. The highest BCUT2D eigenvalue weighted by Crippen LogP contribution is 2.80. The first-order chi connectivity index (χ1) is 13.8. The first kappa shape index (κ1) is 25.4. The van der Waals surface area contributed by atoms with Gasteiger partial charge in [-0.25, -0.2) is 0 Å². The summed E-state index contributed by atoms with van der Waals surface area (Å²) in [6.07, 6.45) is 11.8. The van der Waals surface area contributed by atoms with Gasteiger partial charge in [0.05, 0.1) is 5.60 Å². The maximum absolute atomic E-state index is 10.7. The van der Waals surface area contributed by atoms with Crippen molar-refractivity contribution in [2.75, 3.05) is 0 Å². The fraction of sp³-hybridized carbons (Fsp3) is 0.793. The Balaban J connectivity index is 2.60. The lowest BCUT2D eigenvalue weighted by Crippen LogP contribution is -2.72. The predicted octanol–water partition coefficient (Wildman–Crippen LogP) is 8.36. The summed E-state index contributed by atoms with van der Waals surface area (Å²) in [5.41, 5.74) is 1.53. The second-order valence-corrected chi connectivity index (χ2v) is 11.8. The van der Waals surface area contributed by atoms with Crippen molar-refractivity contribution in [3.05, 3.63) is 37.5 Å². The summed E-state index contributed by atoms with van der Waals surface area (Å²) in [7, 11) is 0. The van der Waals surface area contributed by atoms with Crippen LogP contribution < -0.4 is 0 Å². The summed E-state index contributed by atoms with van der Waals surface area (Å²) in [4.78, 5) is 0. The quantitative estimate of drug-likeness (QED) is 0.356. The number of aliphatic hydroxyl groups is 1. The lowest BCUT2D eigenvalue weighted by molar-refractivity contribution is -0.290. The Kier molecular flexibility index (Phi) is 7.01. The van der Waals surface area contributed by atoms with Gasteiger partial charge in [-0.3, -0.25) is 0 Å². The average molecular weight is 415 g/mol. The van der Waals surface area contributed by atoms with E-state index in [0.717, 1.165) is 12.8 Å². The molecule has 0 aromatic heterocycles. The standard InChI is InChI=1S/C29H50O/c1-12-26(9,30)18-17-23-22(21(6)7)19-25(8)20-24(29(14-3,15-4)16-5)28(25,11)27(23,10)13-2/h12,14,22-24,30H,1,3,6,13,15-20H2,2,4-5,7-11H3. The molecule has 0 aromatic carbocycles. The Labute approximate surface area is 188 Å². The van der Waals surface area contributed by atoms with Gasteiger partial charge in [0.1, 0.15) is 0 Å². The Morgan fingerprint density at radius 1 is 1.07 bits per heavy atom. The van der Waals surface area contributed by atoms with Crippen LogP contribution in [-0.4, -0.2) is 10.7 Å². The van der Waals surface area contributed by atoms with E-state index in [9.17, 15) is 5.11 Å². The number of rotatable bonds is 10. The van der Waals surface area contributed by atoms with Gasteiger partial charge >= 0.3 is 0 Å². The van der Waals surface area contributed by atoms with Crippen molar-refractivity contribution in [1.82, 2.24) is 0 Å². The third-order valence-electron chi connectivity index (χ3n) is 11.0. The molecule has 0 aromatic rings. The van der Waals surface area contributed by atoms with Crippen molar-refractivity contribution in [1.29, 1.82) is 0 Å². The zero-order valence-corrected chi connectivity index (χ0v) is 21.4. The minimum Gasteiger partial charge on any atom is -0.386 e. The summed E-state index contributed by atoms with van der Waals surface area (Å²) in [6, 6.07) is 0. The SMILES string of the molecule is C=CC(C)(O)CCC1C(C(=C)C)CC2(C)CC(C(C=C)(CC)CC)C2(C)C1(C)CC. The van der Waals surface area contributed by atoms with Crippen LogP contribution in [0.1, 0.15) is 100 Å². The van der Waals surface area contributed by atoms with Gasteiger partial charge in [0, 0.05) is 0 Å². The minimum absolute atomic E-state index is 0.197. The Hall–Kier alpha value is -0.820. The van der Waals surface area contributed by atoms with Crippen molar-refractivity contribution in [2.45, 2.75) is 106 Å². The highest BCUT2D eigenvalue weighted by atomic mass is 16.3. The average Bonchev–Trinajstić information content (AvgIpc) is 2.71. The van der Waals surface area contributed by atoms with Crippen LogP contribution in [0.4, 0.5) is 0 Å². The second-order valence-electron chi connectivity index (χ2n) is 11.8. The monoisotopic (exact) mass is 414 g/mol. The third kappa shape index (κ3) is 3.39. The van der Waals surface area contributed by atoms with E-state index in [-0.39, 0.29) is 16.2 Å². The molecule has 2 saturated carbocycles. The second kappa shape index (κ2) is 8.27. The molecule has 0 radical (unpaired) electrons. The van der Waals surface area contributed by atoms with Gasteiger partial charge in [-0.15, -0.1) is 13.2 Å². The molecular formula is C29H50O. The van der Waals surface area contributed by atoms with Gasteiger partial charge < -0.3 is 5.11 Å². The molecule has 0 spiro atoms. The fourth-order valence-electron chi connectivity index (χ4n) is 8.16. The number of fused-ring (bicyclic) bond motifs is 1. The molecular weight excluding hydrogens is 364 g/mol. The Morgan fingerprint density at radius 2 is 1.63 bits per heavy atom. The Bertz CT molecular complexity index is 668. The van der Waals surface area contributed by atoms with E-state index in [1.165, 1.54) is 37.7 Å². The van der Waals surface area contributed by atoms with Crippen molar-refractivity contribution in [2.24, 2.45) is 39.4 Å². The maximum Gasteiger partial charge on any atom is 0.0797 e. The normalized spacial score (nSPS) is 40.6. The molecule has 2 aliphatic carbocycles. The smallest absolute Gasteiger partial charge is 0.0797 e. The van der Waals surface area contributed by atoms with Crippen LogP contribution in [0.25, 0.3) is 0 Å². The molecule has 1 N–H and O–H groups in total. The first-order valence-corrected chi connectivity index (χ1v) is 12.4. The zero-order chi connectivity index (χ0) is 23.2. The summed E-state index contributed by atoms with van der Waals surface area (Å²) >= 11 is 0. The molecule has 172 valence electrons. The highest BCUT2D eigenvalue weighted by Gasteiger charge is 2.74. The van der Waals surface area contributed by atoms with Gasteiger partial charge in [-0.1, -0.05) is 65.8 Å². The van der Waals surface area contributed by atoms with Gasteiger partial charge in [0.25, 0.3) is 0 Å². The summed E-state index contributed by atoms with van der Waals surface area (Å²) in [5.74, 6) is 1.72. The maximum atomic E-state index is 10.7. The third-order valence-corrected chi connectivity index (χ3v) is 11.0. The van der Waals surface area contributed by atoms with Crippen LogP contribution in [0.15, 0.2) is 37.5 Å². The van der Waals surface area contributed by atoms with E-state index < -0.39 is 5.60 Å². The van der Waals surface area contributed by atoms with Crippen LogP contribution in [-0.2, 0) is 0 Å². The van der Waals surface area contributed by atoms with E-state index >= 15 is 0 Å². The van der Waals surface area contributed by atoms with Crippen molar-refractivity contribution in [3.8, 4) is 0 Å². The number of hydrogen-bond acceptors (Lipinski definition) is 1. The lowest BCUT2D eigenvalue weighted by Gasteiger charge is -2.78. The van der Waals surface area contributed by atoms with Gasteiger partial charge in [0.15, 0.2) is 0 Å². The molecule has 0 saturated heterocycles. The van der Waals surface area contributed by atoms with E-state index in [0.29, 0.717) is 23.2 Å². The molecule has 30 heavy (non-hydrogen) atoms. The summed E-state index contributed by atoms with van der Waals surface area (Å²) in [5, 5.41) is 10.7. The van der Waals surface area contributed by atoms with Crippen LogP contribution in [0, 0.1) is 39.4 Å². The largest absolute Gasteiger partial charge is 0.386 e. The molecule has 7 atom stereocenters. The molecule has 2 rings (SSSR count). The molecule has 0 bridgehead atoms. The van der Waals surface area contributed by atoms with E-state index in [4.69, 9.17) is 0 Å². The van der Waals surface area contributed by atoms with Crippen molar-refractivity contribution in [3.63, 3.8) is 0 Å². The van der Waals surface area contributed by atoms with E-state index in [1.54, 1.807) is 6.08 Å². The lowest BCUT2D eigenvalue weighted by atomic mass is 9.26. The number of allylic oxidation sites excluding steroid dienone is 2. The molecule has 2 fully saturated rings. The van der Waals surface area contributed by atoms with E-state index in [2.05, 4.69) is 74.3 Å². The van der Waals surface area contributed by atoms with E-state index in [1.807, 2.05) is 6.92 Å². The van der Waals surface area contributed by atoms with Crippen molar-refractivity contribution < 1.29 is 5.11 Å². The van der Waals surface area contributed by atoms with Gasteiger partial charge in [-0.05, 0) is 98.2 Å². The van der Waals surface area contributed by atoms with Crippen LogP contribution >= 0.6 is 0 Å². The molecule has 7 unspecified atom stereocenters. The fourth-order valence-corrected chi connectivity index (χ4v) is 8.16. The summed E-state index contributed by atoms with van der Waals surface area (Å²) < 4.78 is 0. The van der Waals surface area contributed by atoms with Crippen LogP contribution in [0.2, 0.25) is 0 Å². The van der Waals surface area contributed by atoms with Gasteiger partial charge in [0.2, 0.25) is 0 Å². The van der Waals surface area contributed by atoms with Crippen LogP contribution in [0.3, 0.4) is 0 Å². The topological polar surface area (TPSA) is 20.2 Å². The molecule has 1 heteroatoms. The van der Waals surface area contributed by atoms with Crippen LogP contribution in [0.5, 0.6) is 0 Å². The predicted molar refractivity (Wildman–Crippen MR) is 132 cm³/mol. The summed E-state index contributed by atoms with van der Waals surface area (Å²) in [6.45, 7) is 31.6. The zero-order valence-electron chi connectivity index (χ0n) is 21.4. The Morgan fingerprint density at radius 3 is 2.03 bits per heavy atom. The van der Waals surface area contributed by atoms with Crippen molar-refractivity contribution >= 4 is 0 Å². The first-order valence-electron chi connectivity index (χ1n) is 12.4. The molecule has 0 heterocycles. The number of hydrogen-bond donors (Lipinski definition) is 1. The molecule has 0 amide bonds. The minimum atomic E-state index is -0.799. The molecule has 2 aliphatic rings.